The lowest BCUT2D eigenvalue weighted by Crippen LogP contribution is -2.09. The molecule has 0 unspecified atom stereocenters. The Kier molecular flexibility index (Phi) is 3.88. The number of carbonyl (C=O) groups is 1. The van der Waals surface area contributed by atoms with Crippen molar-refractivity contribution in [3.63, 3.8) is 0 Å². The summed E-state index contributed by atoms with van der Waals surface area (Å²) in [5.74, 6) is -2.50. The maximum absolute atomic E-state index is 14.4. The van der Waals surface area contributed by atoms with E-state index in [1.54, 1.807) is 6.07 Å². The molecule has 1 heterocycles. The van der Waals surface area contributed by atoms with Crippen LogP contribution in [0.25, 0.3) is 10.9 Å². The van der Waals surface area contributed by atoms with E-state index in [2.05, 4.69) is 26.1 Å². The largest absolute Gasteiger partial charge is 0.288 e. The van der Waals surface area contributed by atoms with Crippen molar-refractivity contribution in [1.29, 1.82) is 5.26 Å². The van der Waals surface area contributed by atoms with Crippen molar-refractivity contribution in [3.05, 3.63) is 62.2 Å². The van der Waals surface area contributed by atoms with E-state index < -0.39 is 23.0 Å². The van der Waals surface area contributed by atoms with E-state index in [9.17, 15) is 18.8 Å². The van der Waals surface area contributed by atoms with E-state index in [-0.39, 0.29) is 27.1 Å². The van der Waals surface area contributed by atoms with Crippen LogP contribution in [-0.4, -0.2) is 16.0 Å². The highest BCUT2D eigenvalue weighted by Gasteiger charge is 2.25. The van der Waals surface area contributed by atoms with Crippen LogP contribution >= 0.6 is 27.5 Å². The van der Waals surface area contributed by atoms with Gasteiger partial charge in [-0.2, -0.15) is 10.4 Å². The summed E-state index contributed by atoms with van der Waals surface area (Å²) in [6, 6.07) is 6.01. The van der Waals surface area contributed by atoms with Gasteiger partial charge in [0.2, 0.25) is 0 Å². The van der Waals surface area contributed by atoms with Gasteiger partial charge in [0.1, 0.15) is 22.3 Å². The van der Waals surface area contributed by atoms with E-state index >= 15 is 0 Å². The number of aromatic amines is 1. The second-order valence-corrected chi connectivity index (χ2v) is 5.81. The number of nitrogens with one attached hydrogen (secondary N) is 1. The van der Waals surface area contributed by atoms with Gasteiger partial charge in [-0.1, -0.05) is 11.6 Å². The molecule has 0 aliphatic carbocycles. The Bertz CT molecular complexity index is 1010. The van der Waals surface area contributed by atoms with Gasteiger partial charge in [0.05, 0.1) is 27.1 Å². The average Bonchev–Trinajstić information content (AvgIpc) is 2.88. The first-order valence-corrected chi connectivity index (χ1v) is 7.37. The Morgan fingerprint density at radius 2 is 2.09 bits per heavy atom. The molecule has 114 valence electrons. The number of aromatic nitrogens is 2. The smallest absolute Gasteiger partial charge is 0.198 e. The van der Waals surface area contributed by atoms with Gasteiger partial charge in [0, 0.05) is 11.6 Å². The van der Waals surface area contributed by atoms with Crippen LogP contribution in [0, 0.1) is 23.0 Å². The van der Waals surface area contributed by atoms with Gasteiger partial charge in [-0.3, -0.25) is 9.89 Å². The summed E-state index contributed by atoms with van der Waals surface area (Å²) < 4.78 is 28.1. The number of hydrogen-bond donors (Lipinski definition) is 1. The monoisotopic (exact) mass is 395 g/mol. The number of nitrogens with zero attached hydrogens (tertiary/aromatic N) is 2. The Morgan fingerprint density at radius 1 is 1.35 bits per heavy atom. The number of carbonyl (C=O) groups excluding carboxylic acids is 1. The molecule has 0 aliphatic rings. The van der Waals surface area contributed by atoms with Crippen molar-refractivity contribution in [2.24, 2.45) is 0 Å². The van der Waals surface area contributed by atoms with Crippen LogP contribution in [0.15, 0.2) is 28.9 Å². The molecule has 0 saturated carbocycles. The Hall–Kier alpha value is -2.30. The van der Waals surface area contributed by atoms with Gasteiger partial charge in [-0.05, 0) is 34.1 Å². The minimum Gasteiger partial charge on any atom is -0.288 e. The molecule has 3 rings (SSSR count). The van der Waals surface area contributed by atoms with Crippen LogP contribution in [0.4, 0.5) is 8.78 Å². The van der Waals surface area contributed by atoms with Crippen molar-refractivity contribution in [2.45, 2.75) is 0 Å². The van der Waals surface area contributed by atoms with Crippen LogP contribution in [0.1, 0.15) is 21.5 Å². The molecule has 0 fully saturated rings. The summed E-state index contributed by atoms with van der Waals surface area (Å²) in [6.07, 6.45) is 0. The van der Waals surface area contributed by atoms with Crippen molar-refractivity contribution in [2.75, 3.05) is 0 Å². The molecule has 23 heavy (non-hydrogen) atoms. The molecule has 0 spiro atoms. The lowest BCUT2D eigenvalue weighted by Gasteiger charge is -2.08. The first kappa shape index (κ1) is 15.6. The maximum Gasteiger partial charge on any atom is 0.198 e. The van der Waals surface area contributed by atoms with Gasteiger partial charge < -0.3 is 0 Å². The summed E-state index contributed by atoms with van der Waals surface area (Å²) in [7, 11) is 0. The average molecular weight is 397 g/mol. The van der Waals surface area contributed by atoms with E-state index in [0.717, 1.165) is 18.2 Å². The highest BCUT2D eigenvalue weighted by Crippen LogP contribution is 2.31. The maximum atomic E-state index is 14.4. The van der Waals surface area contributed by atoms with Crippen LogP contribution in [0.5, 0.6) is 0 Å². The summed E-state index contributed by atoms with van der Waals surface area (Å²) in [5.41, 5.74) is -0.714. The summed E-state index contributed by atoms with van der Waals surface area (Å²) in [4.78, 5) is 12.6. The van der Waals surface area contributed by atoms with E-state index in [0.29, 0.717) is 4.60 Å². The molecule has 0 saturated heterocycles. The third kappa shape index (κ3) is 2.50. The van der Waals surface area contributed by atoms with Gasteiger partial charge in [-0.25, -0.2) is 8.78 Å². The predicted molar refractivity (Wildman–Crippen MR) is 83.3 cm³/mol. The molecule has 0 radical (unpaired) electrons. The number of H-pyrrole nitrogens is 1. The fourth-order valence-electron chi connectivity index (χ4n) is 2.25. The van der Waals surface area contributed by atoms with Gasteiger partial charge in [0.15, 0.2) is 5.78 Å². The molecule has 0 aliphatic heterocycles. The fourth-order valence-corrected chi connectivity index (χ4v) is 2.95. The highest BCUT2D eigenvalue weighted by molar-refractivity contribution is 9.10. The number of benzene rings is 2. The van der Waals surface area contributed by atoms with Crippen molar-refractivity contribution in [1.82, 2.24) is 10.2 Å². The van der Waals surface area contributed by atoms with Gasteiger partial charge >= 0.3 is 0 Å². The van der Waals surface area contributed by atoms with Crippen LogP contribution < -0.4 is 0 Å². The molecule has 3 aromatic rings. The van der Waals surface area contributed by atoms with Crippen LogP contribution in [0.3, 0.4) is 0 Å². The number of ketones is 1. The van der Waals surface area contributed by atoms with Crippen LogP contribution in [-0.2, 0) is 0 Å². The zero-order chi connectivity index (χ0) is 16.7. The number of halogens is 4. The zero-order valence-corrected chi connectivity index (χ0v) is 13.5. The molecular weight excluding hydrogens is 392 g/mol. The summed E-state index contributed by atoms with van der Waals surface area (Å²) >= 11 is 9.06. The molecule has 1 aromatic heterocycles. The third-order valence-corrected chi connectivity index (χ3v) is 4.17. The highest BCUT2D eigenvalue weighted by atomic mass is 79.9. The van der Waals surface area contributed by atoms with E-state index in [1.807, 2.05) is 0 Å². The Labute approximate surface area is 141 Å². The number of fused-ring (bicyclic) bond motifs is 1. The lowest BCUT2D eigenvalue weighted by molar-refractivity contribution is 0.103. The minimum atomic E-state index is -0.932. The van der Waals surface area contributed by atoms with Crippen molar-refractivity contribution < 1.29 is 13.6 Å². The second kappa shape index (κ2) is 5.72. The molecule has 8 heteroatoms. The topological polar surface area (TPSA) is 69.5 Å². The van der Waals surface area contributed by atoms with Gasteiger partial charge in [0.25, 0.3) is 0 Å². The van der Waals surface area contributed by atoms with E-state index in [1.165, 1.54) is 6.07 Å². The fraction of sp³-hybridized carbons (Fsp3) is 0. The van der Waals surface area contributed by atoms with Gasteiger partial charge in [-0.15, -0.1) is 0 Å². The predicted octanol–water partition coefficient (Wildman–Crippen LogP) is 4.36. The molecule has 0 amide bonds. The van der Waals surface area contributed by atoms with Crippen molar-refractivity contribution in [3.8, 4) is 6.07 Å². The number of rotatable bonds is 2. The molecule has 4 nitrogen and oxygen atoms in total. The molecule has 2 aromatic carbocycles. The first-order chi connectivity index (χ1) is 10.9. The Morgan fingerprint density at radius 3 is 2.78 bits per heavy atom. The van der Waals surface area contributed by atoms with Crippen LogP contribution in [0.2, 0.25) is 5.02 Å². The lowest BCUT2D eigenvalue weighted by atomic mass is 9.96. The quantitative estimate of drug-likeness (QED) is 0.654. The third-order valence-electron chi connectivity index (χ3n) is 3.26. The second-order valence-electron chi connectivity index (χ2n) is 4.61. The molecular formula is C15H5BrClF2N3O. The molecule has 0 atom stereocenters. The normalized spacial score (nSPS) is 10.7. The summed E-state index contributed by atoms with van der Waals surface area (Å²) in [6.45, 7) is 0. The molecule has 1 N–H and O–H groups in total. The number of hydrogen-bond acceptors (Lipinski definition) is 3. The number of nitriles is 1. The molecule has 0 bridgehead atoms. The Balaban J connectivity index is 2.33. The minimum absolute atomic E-state index is 0.0361. The SMILES string of the molecule is N#Cc1c(C(=O)c2cc(F)ccc2Cl)c(F)cc2n[nH]c(Br)c12. The standard InChI is InChI=1S/C15H5BrClF2N3O/c16-15-13-8(5-20)12(10(19)4-11(13)21-22-15)14(23)7-3-6(18)1-2-9(7)17/h1-4H,(H,21,22). The van der Waals surface area contributed by atoms with E-state index in [4.69, 9.17) is 11.6 Å². The first-order valence-electron chi connectivity index (χ1n) is 6.20. The van der Waals surface area contributed by atoms with Crippen molar-refractivity contribution >= 4 is 44.2 Å². The zero-order valence-electron chi connectivity index (χ0n) is 11.1. The summed E-state index contributed by atoms with van der Waals surface area (Å²) in [5, 5.41) is 16.0.